The molecule has 0 saturated heterocycles. The fourth-order valence-corrected chi connectivity index (χ4v) is 1.24. The highest BCUT2D eigenvalue weighted by Crippen LogP contribution is 2.18. The smallest absolute Gasteiger partial charge is 0.256 e. The van der Waals surface area contributed by atoms with Gasteiger partial charge in [-0.1, -0.05) is 0 Å². The average molecular weight is 182 g/mol. The molecule has 0 radical (unpaired) electrons. The molecule has 0 aliphatic carbocycles. The van der Waals surface area contributed by atoms with Crippen molar-refractivity contribution in [1.29, 1.82) is 0 Å². The third-order valence-corrected chi connectivity index (χ3v) is 2.28. The number of hydrogen-bond donors (Lipinski definition) is 1. The molecule has 0 aromatic rings. The number of nitrogens with zero attached hydrogens (tertiary/aromatic N) is 1. The van der Waals surface area contributed by atoms with Crippen LogP contribution in [0.25, 0.3) is 0 Å². The van der Waals surface area contributed by atoms with Gasteiger partial charge in [-0.05, 0) is 20.9 Å². The third-order valence-electron chi connectivity index (χ3n) is 2.28. The van der Waals surface area contributed by atoms with E-state index in [4.69, 9.17) is 0 Å². The number of amides is 2. The van der Waals surface area contributed by atoms with Crippen LogP contribution in [0.3, 0.4) is 0 Å². The van der Waals surface area contributed by atoms with Gasteiger partial charge >= 0.3 is 0 Å². The standard InChI is InChI=1S/C9H14N2O2/c1-6-7(2)9(13)11(8(6)12)5-4-10-3/h10H,4-5H2,1-3H3. The summed E-state index contributed by atoms with van der Waals surface area (Å²) in [5, 5.41) is 2.90. The summed E-state index contributed by atoms with van der Waals surface area (Å²) in [6, 6.07) is 0. The molecular weight excluding hydrogens is 168 g/mol. The van der Waals surface area contributed by atoms with Crippen molar-refractivity contribution in [1.82, 2.24) is 10.2 Å². The number of hydrogen-bond acceptors (Lipinski definition) is 3. The fourth-order valence-electron chi connectivity index (χ4n) is 1.24. The van der Waals surface area contributed by atoms with Crippen molar-refractivity contribution in [2.45, 2.75) is 13.8 Å². The van der Waals surface area contributed by atoms with Crippen LogP contribution < -0.4 is 5.32 Å². The second kappa shape index (κ2) is 3.70. The Morgan fingerprint density at radius 3 is 2.00 bits per heavy atom. The normalized spacial score (nSPS) is 17.6. The van der Waals surface area contributed by atoms with E-state index in [1.54, 1.807) is 20.9 Å². The van der Waals surface area contributed by atoms with Crippen molar-refractivity contribution in [2.75, 3.05) is 20.1 Å². The van der Waals surface area contributed by atoms with Crippen LogP contribution in [0, 0.1) is 0 Å². The monoisotopic (exact) mass is 182 g/mol. The van der Waals surface area contributed by atoms with Crippen LogP contribution >= 0.6 is 0 Å². The van der Waals surface area contributed by atoms with E-state index in [0.717, 1.165) is 0 Å². The first-order valence-corrected chi connectivity index (χ1v) is 4.28. The first-order valence-electron chi connectivity index (χ1n) is 4.28. The minimum absolute atomic E-state index is 0.155. The molecule has 0 atom stereocenters. The molecule has 1 rings (SSSR count). The summed E-state index contributed by atoms with van der Waals surface area (Å²) >= 11 is 0. The predicted molar refractivity (Wildman–Crippen MR) is 49.0 cm³/mol. The summed E-state index contributed by atoms with van der Waals surface area (Å²) in [5.41, 5.74) is 1.14. The van der Waals surface area contributed by atoms with Crippen LogP contribution in [0.5, 0.6) is 0 Å². The fraction of sp³-hybridized carbons (Fsp3) is 0.556. The molecular formula is C9H14N2O2. The van der Waals surface area contributed by atoms with Gasteiger partial charge in [0.15, 0.2) is 0 Å². The van der Waals surface area contributed by atoms with Gasteiger partial charge in [0, 0.05) is 24.2 Å². The van der Waals surface area contributed by atoms with Crippen LogP contribution in [0.4, 0.5) is 0 Å². The first kappa shape index (κ1) is 9.92. The summed E-state index contributed by atoms with van der Waals surface area (Å²) in [7, 11) is 1.79. The minimum Gasteiger partial charge on any atom is -0.318 e. The van der Waals surface area contributed by atoms with E-state index in [1.807, 2.05) is 0 Å². The zero-order valence-corrected chi connectivity index (χ0v) is 8.18. The summed E-state index contributed by atoms with van der Waals surface area (Å²) < 4.78 is 0. The molecule has 1 aliphatic rings. The molecule has 72 valence electrons. The van der Waals surface area contributed by atoms with Crippen LogP contribution in [-0.4, -0.2) is 36.9 Å². The Balaban J connectivity index is 2.73. The highest BCUT2D eigenvalue weighted by atomic mass is 16.2. The Morgan fingerprint density at radius 2 is 1.62 bits per heavy atom. The molecule has 0 bridgehead atoms. The maximum atomic E-state index is 11.5. The Hall–Kier alpha value is -1.16. The summed E-state index contributed by atoms with van der Waals surface area (Å²) in [5.74, 6) is -0.310. The molecule has 13 heavy (non-hydrogen) atoms. The van der Waals surface area contributed by atoms with Gasteiger partial charge in [-0.15, -0.1) is 0 Å². The Labute approximate surface area is 77.6 Å². The lowest BCUT2D eigenvalue weighted by Gasteiger charge is -2.13. The topological polar surface area (TPSA) is 49.4 Å². The Kier molecular flexibility index (Phi) is 2.83. The van der Waals surface area contributed by atoms with E-state index in [1.165, 1.54) is 4.90 Å². The molecule has 1 N–H and O–H groups in total. The van der Waals surface area contributed by atoms with Crippen molar-refractivity contribution < 1.29 is 9.59 Å². The van der Waals surface area contributed by atoms with Gasteiger partial charge in [-0.3, -0.25) is 14.5 Å². The van der Waals surface area contributed by atoms with Crippen molar-refractivity contribution >= 4 is 11.8 Å². The molecule has 0 aromatic heterocycles. The number of rotatable bonds is 3. The third kappa shape index (κ3) is 1.62. The Morgan fingerprint density at radius 1 is 1.15 bits per heavy atom. The summed E-state index contributed by atoms with van der Waals surface area (Å²) in [6.45, 7) is 4.46. The number of imide groups is 1. The lowest BCUT2D eigenvalue weighted by Crippen LogP contribution is -2.36. The molecule has 1 aliphatic heterocycles. The molecule has 4 nitrogen and oxygen atoms in total. The molecule has 2 amide bonds. The van der Waals surface area contributed by atoms with Crippen molar-refractivity contribution in [2.24, 2.45) is 0 Å². The van der Waals surface area contributed by atoms with Gasteiger partial charge in [0.1, 0.15) is 0 Å². The van der Waals surface area contributed by atoms with E-state index in [2.05, 4.69) is 5.32 Å². The van der Waals surface area contributed by atoms with E-state index < -0.39 is 0 Å². The quantitative estimate of drug-likeness (QED) is 0.621. The molecule has 0 unspecified atom stereocenters. The molecule has 0 fully saturated rings. The number of carbonyl (C=O) groups is 2. The largest absolute Gasteiger partial charge is 0.318 e. The van der Waals surface area contributed by atoms with Crippen LogP contribution in [-0.2, 0) is 9.59 Å². The number of nitrogens with one attached hydrogen (secondary N) is 1. The van der Waals surface area contributed by atoms with Crippen molar-refractivity contribution in [3.63, 3.8) is 0 Å². The minimum atomic E-state index is -0.155. The summed E-state index contributed by atoms with van der Waals surface area (Å²) in [6.07, 6.45) is 0. The maximum Gasteiger partial charge on any atom is 0.256 e. The van der Waals surface area contributed by atoms with Crippen LogP contribution in [0.2, 0.25) is 0 Å². The SMILES string of the molecule is CNCCN1C(=O)C(C)=C(C)C1=O. The van der Waals surface area contributed by atoms with Crippen molar-refractivity contribution in [3.8, 4) is 0 Å². The van der Waals surface area contributed by atoms with Gasteiger partial charge in [0.2, 0.25) is 0 Å². The highest BCUT2D eigenvalue weighted by molar-refractivity contribution is 6.18. The lowest BCUT2D eigenvalue weighted by molar-refractivity contribution is -0.137. The van der Waals surface area contributed by atoms with E-state index in [0.29, 0.717) is 24.2 Å². The number of likely N-dealkylation sites (N-methyl/N-ethyl adjacent to an activating group) is 1. The second-order valence-electron chi connectivity index (χ2n) is 3.12. The maximum absolute atomic E-state index is 11.5. The van der Waals surface area contributed by atoms with E-state index in [-0.39, 0.29) is 11.8 Å². The number of carbonyl (C=O) groups excluding carboxylic acids is 2. The second-order valence-corrected chi connectivity index (χ2v) is 3.12. The molecule has 4 heteroatoms. The van der Waals surface area contributed by atoms with Gasteiger partial charge in [0.05, 0.1) is 0 Å². The van der Waals surface area contributed by atoms with Gasteiger partial charge in [0.25, 0.3) is 11.8 Å². The molecule has 0 spiro atoms. The van der Waals surface area contributed by atoms with Gasteiger partial charge < -0.3 is 5.32 Å². The highest BCUT2D eigenvalue weighted by Gasteiger charge is 2.32. The predicted octanol–water partition coefficient (Wildman–Crippen LogP) is -0.0890. The van der Waals surface area contributed by atoms with E-state index >= 15 is 0 Å². The van der Waals surface area contributed by atoms with Crippen LogP contribution in [0.15, 0.2) is 11.1 Å². The summed E-state index contributed by atoms with van der Waals surface area (Å²) in [4.78, 5) is 24.2. The lowest BCUT2D eigenvalue weighted by atomic mass is 10.2. The molecule has 1 heterocycles. The zero-order chi connectivity index (χ0) is 10.0. The van der Waals surface area contributed by atoms with E-state index in [9.17, 15) is 9.59 Å². The van der Waals surface area contributed by atoms with Crippen LogP contribution in [0.1, 0.15) is 13.8 Å². The van der Waals surface area contributed by atoms with Gasteiger partial charge in [-0.25, -0.2) is 0 Å². The molecule has 0 saturated carbocycles. The Bertz CT molecular complexity index is 257. The average Bonchev–Trinajstić information content (AvgIpc) is 2.30. The molecule has 0 aromatic carbocycles. The first-order chi connectivity index (χ1) is 6.09. The van der Waals surface area contributed by atoms with Gasteiger partial charge in [-0.2, -0.15) is 0 Å². The zero-order valence-electron chi connectivity index (χ0n) is 8.18. The van der Waals surface area contributed by atoms with Crippen molar-refractivity contribution in [3.05, 3.63) is 11.1 Å².